The second-order valence-electron chi connectivity index (χ2n) is 5.31. The highest BCUT2D eigenvalue weighted by Gasteiger charge is 2.03. The van der Waals surface area contributed by atoms with E-state index >= 15 is 0 Å². The van der Waals surface area contributed by atoms with Gasteiger partial charge >= 0.3 is 0 Å². The molecule has 1 heterocycles. The lowest BCUT2D eigenvalue weighted by Gasteiger charge is -2.09. The number of fused-ring (bicyclic) bond motifs is 1. The van der Waals surface area contributed by atoms with Crippen LogP contribution in [0.1, 0.15) is 23.9 Å². The summed E-state index contributed by atoms with van der Waals surface area (Å²) in [5, 5.41) is 1.12. The zero-order chi connectivity index (χ0) is 16.1. The fourth-order valence-electron chi connectivity index (χ4n) is 2.20. The molecule has 0 N–H and O–H groups in total. The summed E-state index contributed by atoms with van der Waals surface area (Å²) in [6, 6.07) is 16.2. The lowest BCUT2D eigenvalue weighted by Crippen LogP contribution is -2.03. The normalized spacial score (nSPS) is 12.8. The highest BCUT2D eigenvalue weighted by molar-refractivity contribution is 7.19. The summed E-state index contributed by atoms with van der Waals surface area (Å²) in [5.41, 5.74) is 2.09. The molecule has 0 bridgehead atoms. The number of halogens is 1. The molecular weight excluding hydrogens is 326 g/mol. The van der Waals surface area contributed by atoms with E-state index in [2.05, 4.69) is 17.1 Å². The smallest absolute Gasteiger partial charge is 0.126 e. The van der Waals surface area contributed by atoms with Crippen molar-refractivity contribution in [2.45, 2.75) is 18.7 Å². The molecule has 0 spiro atoms. The molecule has 0 aliphatic rings. The first kappa shape index (κ1) is 16.0. The third kappa shape index (κ3) is 4.34. The number of hydrogen-bond acceptors (Lipinski definition) is 3. The molecule has 2 nitrogen and oxygen atoms in total. The fourth-order valence-corrected chi connectivity index (χ4v) is 3.16. The predicted octanol–water partition coefficient (Wildman–Crippen LogP) is 5.86. The van der Waals surface area contributed by atoms with Crippen molar-refractivity contribution in [3.8, 4) is 5.75 Å². The Labute approximate surface area is 145 Å². The third-order valence-electron chi connectivity index (χ3n) is 3.41. The average Bonchev–Trinajstić information content (AvgIpc) is 2.96. The summed E-state index contributed by atoms with van der Waals surface area (Å²) in [6.07, 6.45) is 4.92. The van der Waals surface area contributed by atoms with Gasteiger partial charge in [-0.2, -0.15) is 0 Å². The number of aromatic nitrogens is 1. The van der Waals surface area contributed by atoms with Crippen LogP contribution in [0.15, 0.2) is 48.5 Å². The van der Waals surface area contributed by atoms with Gasteiger partial charge in [-0.25, -0.2) is 4.98 Å². The van der Waals surface area contributed by atoms with Gasteiger partial charge in [-0.05, 0) is 43.7 Å². The molecule has 2 aromatic carbocycles. The largest absolute Gasteiger partial charge is 0.493 e. The molecule has 3 rings (SSSR count). The van der Waals surface area contributed by atoms with Gasteiger partial charge in [-0.3, -0.25) is 0 Å². The molecule has 0 radical (unpaired) electrons. The summed E-state index contributed by atoms with van der Waals surface area (Å²) in [5.74, 6) is 0.877. The SMILES string of the molecule is CC(Cl)CCOc1ccccc1C=Cc1nc2ccccc2s1. The Bertz CT molecular complexity index is 777. The number of thiazole rings is 1. The topological polar surface area (TPSA) is 22.1 Å². The van der Waals surface area contributed by atoms with Crippen LogP contribution in [0.3, 0.4) is 0 Å². The Balaban J connectivity index is 1.76. The molecule has 1 aromatic heterocycles. The average molecular weight is 344 g/mol. The van der Waals surface area contributed by atoms with E-state index in [1.54, 1.807) is 11.3 Å². The van der Waals surface area contributed by atoms with E-state index in [1.807, 2.05) is 55.5 Å². The minimum atomic E-state index is 0.125. The first-order chi connectivity index (χ1) is 11.2. The van der Waals surface area contributed by atoms with Crippen molar-refractivity contribution in [1.82, 2.24) is 4.98 Å². The van der Waals surface area contributed by atoms with Crippen LogP contribution >= 0.6 is 22.9 Å². The van der Waals surface area contributed by atoms with E-state index in [0.29, 0.717) is 6.61 Å². The molecule has 0 saturated carbocycles. The van der Waals surface area contributed by atoms with Crippen LogP contribution in [0.2, 0.25) is 0 Å². The number of para-hydroxylation sites is 2. The number of alkyl halides is 1. The van der Waals surface area contributed by atoms with Crippen LogP contribution in [-0.4, -0.2) is 17.0 Å². The standard InChI is InChI=1S/C19H18ClNOS/c1-14(20)12-13-22-17-8-4-2-6-15(17)10-11-19-21-16-7-3-5-9-18(16)23-19/h2-11,14H,12-13H2,1H3. The minimum absolute atomic E-state index is 0.125. The van der Waals surface area contributed by atoms with Crippen LogP contribution in [0.5, 0.6) is 5.75 Å². The Morgan fingerprint density at radius 2 is 1.91 bits per heavy atom. The van der Waals surface area contributed by atoms with Gasteiger partial charge in [-0.1, -0.05) is 30.3 Å². The van der Waals surface area contributed by atoms with E-state index in [4.69, 9.17) is 16.3 Å². The first-order valence-electron chi connectivity index (χ1n) is 7.62. The quantitative estimate of drug-likeness (QED) is 0.523. The molecule has 0 aliphatic carbocycles. The lowest BCUT2D eigenvalue weighted by molar-refractivity contribution is 0.310. The van der Waals surface area contributed by atoms with Gasteiger partial charge in [0.15, 0.2) is 0 Å². The zero-order valence-electron chi connectivity index (χ0n) is 12.9. The van der Waals surface area contributed by atoms with Gasteiger partial charge in [0, 0.05) is 10.9 Å². The molecule has 4 heteroatoms. The minimum Gasteiger partial charge on any atom is -0.493 e. The summed E-state index contributed by atoms with van der Waals surface area (Å²) < 4.78 is 7.04. The zero-order valence-corrected chi connectivity index (χ0v) is 14.5. The van der Waals surface area contributed by atoms with Gasteiger partial charge in [0.05, 0.1) is 16.8 Å². The summed E-state index contributed by atoms with van der Waals surface area (Å²) in [6.45, 7) is 2.60. The van der Waals surface area contributed by atoms with Gasteiger partial charge in [0.1, 0.15) is 10.8 Å². The molecule has 1 atom stereocenters. The molecule has 1 unspecified atom stereocenters. The molecular formula is C19H18ClNOS. The fraction of sp³-hybridized carbons (Fsp3) is 0.211. The van der Waals surface area contributed by atoms with Crippen molar-refractivity contribution in [3.05, 3.63) is 59.1 Å². The predicted molar refractivity (Wildman–Crippen MR) is 100 cm³/mol. The highest BCUT2D eigenvalue weighted by Crippen LogP contribution is 2.25. The van der Waals surface area contributed by atoms with Crippen molar-refractivity contribution >= 4 is 45.3 Å². The Kier molecular flexibility index (Phi) is 5.31. The number of ether oxygens (including phenoxy) is 1. The molecule has 0 saturated heterocycles. The number of rotatable bonds is 6. The van der Waals surface area contributed by atoms with Crippen LogP contribution in [0, 0.1) is 0 Å². The van der Waals surface area contributed by atoms with Gasteiger partial charge in [0.25, 0.3) is 0 Å². The van der Waals surface area contributed by atoms with E-state index in [9.17, 15) is 0 Å². The second kappa shape index (κ2) is 7.62. The summed E-state index contributed by atoms with van der Waals surface area (Å²) in [7, 11) is 0. The Morgan fingerprint density at radius 1 is 1.13 bits per heavy atom. The van der Waals surface area contributed by atoms with Crippen LogP contribution in [-0.2, 0) is 0 Å². The van der Waals surface area contributed by atoms with E-state index in [0.717, 1.165) is 28.3 Å². The van der Waals surface area contributed by atoms with Crippen molar-refractivity contribution in [3.63, 3.8) is 0 Å². The molecule has 23 heavy (non-hydrogen) atoms. The maximum Gasteiger partial charge on any atom is 0.126 e. The van der Waals surface area contributed by atoms with Crippen molar-refractivity contribution < 1.29 is 4.74 Å². The van der Waals surface area contributed by atoms with E-state index < -0.39 is 0 Å². The molecule has 0 aliphatic heterocycles. The van der Waals surface area contributed by atoms with Gasteiger partial charge in [0.2, 0.25) is 0 Å². The van der Waals surface area contributed by atoms with E-state index in [-0.39, 0.29) is 5.38 Å². The van der Waals surface area contributed by atoms with Crippen molar-refractivity contribution in [2.24, 2.45) is 0 Å². The first-order valence-corrected chi connectivity index (χ1v) is 8.87. The summed E-state index contributed by atoms with van der Waals surface area (Å²) in [4.78, 5) is 4.62. The molecule has 118 valence electrons. The number of nitrogens with zero attached hydrogens (tertiary/aromatic N) is 1. The number of benzene rings is 2. The highest BCUT2D eigenvalue weighted by atomic mass is 35.5. The molecule has 0 amide bonds. The van der Waals surface area contributed by atoms with E-state index in [1.165, 1.54) is 4.70 Å². The Hall–Kier alpha value is -1.84. The van der Waals surface area contributed by atoms with Gasteiger partial charge in [-0.15, -0.1) is 22.9 Å². The maximum absolute atomic E-state index is 5.96. The van der Waals surface area contributed by atoms with Gasteiger partial charge < -0.3 is 4.74 Å². The molecule has 0 fully saturated rings. The number of hydrogen-bond donors (Lipinski definition) is 0. The third-order valence-corrected chi connectivity index (χ3v) is 4.63. The second-order valence-corrected chi connectivity index (χ2v) is 7.12. The lowest BCUT2D eigenvalue weighted by atomic mass is 10.2. The van der Waals surface area contributed by atoms with Crippen molar-refractivity contribution in [2.75, 3.05) is 6.61 Å². The maximum atomic E-state index is 5.96. The van der Waals surface area contributed by atoms with Crippen LogP contribution in [0.4, 0.5) is 0 Å². The monoisotopic (exact) mass is 343 g/mol. The Morgan fingerprint density at radius 3 is 2.74 bits per heavy atom. The van der Waals surface area contributed by atoms with Crippen molar-refractivity contribution in [1.29, 1.82) is 0 Å². The van der Waals surface area contributed by atoms with Crippen LogP contribution < -0.4 is 4.74 Å². The van der Waals surface area contributed by atoms with Crippen LogP contribution in [0.25, 0.3) is 22.4 Å². The summed E-state index contributed by atoms with van der Waals surface area (Å²) >= 11 is 7.65. The molecule has 3 aromatic rings.